The van der Waals surface area contributed by atoms with Crippen LogP contribution in [-0.4, -0.2) is 54.3 Å². The topological polar surface area (TPSA) is 82.1 Å². The molecular weight excluding hydrogens is 540 g/mol. The highest BCUT2D eigenvalue weighted by molar-refractivity contribution is 7.65. The molecule has 1 spiro atoms. The number of nitrogens with zero attached hydrogens (tertiary/aromatic N) is 2. The van der Waals surface area contributed by atoms with Gasteiger partial charge in [0.2, 0.25) is 7.37 Å². The number of urea groups is 1. The first kappa shape index (κ1) is 28.0. The molecule has 1 aliphatic carbocycles. The number of benzene rings is 3. The number of piperidine rings is 1. The van der Waals surface area contributed by atoms with E-state index in [2.05, 4.69) is 22.3 Å². The maximum Gasteiger partial charge on any atom is 0.322 e. The van der Waals surface area contributed by atoms with Crippen molar-refractivity contribution in [3.05, 3.63) is 77.6 Å². The monoisotopic (exact) mass is 577 g/mol. The van der Waals surface area contributed by atoms with Gasteiger partial charge in [-0.2, -0.15) is 0 Å². The van der Waals surface area contributed by atoms with E-state index in [0.717, 1.165) is 55.0 Å². The molecule has 0 radical (unpaired) electrons. The molecule has 2 saturated heterocycles. The summed E-state index contributed by atoms with van der Waals surface area (Å²) in [5.41, 5.74) is 5.06. The Balaban J connectivity index is 1.16. The third kappa shape index (κ3) is 5.92. The van der Waals surface area contributed by atoms with Crippen molar-refractivity contribution in [2.75, 3.05) is 37.8 Å². The number of amides is 2. The summed E-state index contributed by atoms with van der Waals surface area (Å²) in [6, 6.07) is 17.8. The van der Waals surface area contributed by atoms with Gasteiger partial charge in [-0.25, -0.2) is 9.18 Å². The summed E-state index contributed by atoms with van der Waals surface area (Å²) in [4.78, 5) is 27.0. The van der Waals surface area contributed by atoms with Crippen molar-refractivity contribution in [3.63, 3.8) is 0 Å². The van der Waals surface area contributed by atoms with Crippen LogP contribution in [-0.2, 0) is 11.1 Å². The van der Waals surface area contributed by atoms with E-state index < -0.39 is 7.37 Å². The van der Waals surface area contributed by atoms with Gasteiger partial charge in [-0.3, -0.25) is 14.4 Å². The average molecular weight is 578 g/mol. The number of anilines is 1. The quantitative estimate of drug-likeness (QED) is 0.328. The summed E-state index contributed by atoms with van der Waals surface area (Å²) in [7, 11) is -3.33. The Kier molecular flexibility index (Phi) is 7.43. The molecule has 2 N–H and O–H groups in total. The highest BCUT2D eigenvalue weighted by Crippen LogP contribution is 2.47. The Bertz CT molecular complexity index is 1480. The van der Waals surface area contributed by atoms with Crippen molar-refractivity contribution in [3.8, 4) is 16.9 Å². The highest BCUT2D eigenvalue weighted by Gasteiger charge is 2.45. The molecule has 9 heteroatoms. The number of hydrogen-bond donors (Lipinski definition) is 2. The largest absolute Gasteiger partial charge is 0.494 e. The van der Waals surface area contributed by atoms with Crippen LogP contribution in [0.4, 0.5) is 14.9 Å². The molecule has 0 bridgehead atoms. The van der Waals surface area contributed by atoms with Gasteiger partial charge in [0.25, 0.3) is 0 Å². The summed E-state index contributed by atoms with van der Waals surface area (Å²) in [6.45, 7) is 6.92. The predicted octanol–water partition coefficient (Wildman–Crippen LogP) is 5.86. The second kappa shape index (κ2) is 10.9. The summed E-state index contributed by atoms with van der Waals surface area (Å²) in [6.07, 6.45) is 4.01. The molecule has 2 heterocycles. The van der Waals surface area contributed by atoms with E-state index in [1.807, 2.05) is 19.1 Å². The first-order valence-corrected chi connectivity index (χ1v) is 16.5. The molecule has 2 amide bonds. The predicted molar refractivity (Wildman–Crippen MR) is 160 cm³/mol. The number of nitrogens with one attached hydrogen (secondary N) is 1. The van der Waals surface area contributed by atoms with Crippen LogP contribution in [0.3, 0.4) is 0 Å². The van der Waals surface area contributed by atoms with Gasteiger partial charge < -0.3 is 14.9 Å². The number of halogens is 1. The summed E-state index contributed by atoms with van der Waals surface area (Å²) in [5.74, 6) is 1.17. The summed E-state index contributed by atoms with van der Waals surface area (Å²) in [5, 5.41) is 3.63. The maximum atomic E-state index is 13.6. The fraction of sp³-hybridized carbons (Fsp3) is 0.406. The van der Waals surface area contributed by atoms with Gasteiger partial charge in [0.05, 0.1) is 18.7 Å². The van der Waals surface area contributed by atoms with E-state index in [1.54, 1.807) is 29.2 Å². The lowest BCUT2D eigenvalue weighted by atomic mass is 9.87. The van der Waals surface area contributed by atoms with E-state index in [1.165, 1.54) is 42.8 Å². The number of rotatable bonds is 8. The zero-order chi connectivity index (χ0) is 28.8. The number of carbonyl (C=O) groups is 1. The van der Waals surface area contributed by atoms with Crippen LogP contribution < -0.4 is 20.3 Å². The fourth-order valence-corrected chi connectivity index (χ4v) is 6.86. The fourth-order valence-electron chi connectivity index (χ4n) is 6.16. The number of ether oxygens (including phenoxy) is 1. The van der Waals surface area contributed by atoms with Crippen LogP contribution >= 0.6 is 7.37 Å². The molecule has 7 nitrogen and oxygen atoms in total. The number of hydrogen-bond acceptors (Lipinski definition) is 4. The van der Waals surface area contributed by atoms with Crippen molar-refractivity contribution in [1.82, 2.24) is 10.2 Å². The van der Waals surface area contributed by atoms with Crippen LogP contribution in [0.15, 0.2) is 60.7 Å². The standard InChI is InChI=1S/C32H37FN3O4P/c1-3-40-30-19-29(23-6-8-25(33)9-7-23)28(22-4-5-22)18-24(30)20-35-16-14-32(15-17-35)21-36(31(37)34-32)26-10-12-27(13-11-26)41(2,38)39/h6-13,18-19,22H,3-5,14-17,20-21H2,1-2H3,(H,34,37)(H,38,39). The zero-order valence-corrected chi connectivity index (χ0v) is 24.5. The Labute approximate surface area is 240 Å². The van der Waals surface area contributed by atoms with Gasteiger partial charge >= 0.3 is 6.03 Å². The molecule has 1 atom stereocenters. The Hall–Kier alpha value is -3.19. The van der Waals surface area contributed by atoms with E-state index in [0.29, 0.717) is 24.4 Å². The van der Waals surface area contributed by atoms with E-state index in [4.69, 9.17) is 4.74 Å². The van der Waals surface area contributed by atoms with Gasteiger partial charge in [0, 0.05) is 42.9 Å². The third-order valence-corrected chi connectivity index (χ3v) is 9.89. The van der Waals surface area contributed by atoms with Crippen LogP contribution in [0.1, 0.15) is 49.7 Å². The Morgan fingerprint density at radius 1 is 1.07 bits per heavy atom. The molecule has 6 rings (SSSR count). The van der Waals surface area contributed by atoms with Crippen LogP contribution in [0.5, 0.6) is 5.75 Å². The summed E-state index contributed by atoms with van der Waals surface area (Å²) < 4.78 is 31.7. The second-order valence-electron chi connectivity index (χ2n) is 11.7. The van der Waals surface area contributed by atoms with Crippen LogP contribution in [0, 0.1) is 5.82 Å². The molecule has 3 aromatic rings. The molecule has 1 unspecified atom stereocenters. The normalized spacial score (nSPS) is 20.2. The van der Waals surface area contributed by atoms with Crippen LogP contribution in [0.2, 0.25) is 0 Å². The van der Waals surface area contributed by atoms with Crippen molar-refractivity contribution in [2.24, 2.45) is 0 Å². The van der Waals surface area contributed by atoms with Crippen molar-refractivity contribution in [1.29, 1.82) is 0 Å². The van der Waals surface area contributed by atoms with E-state index in [9.17, 15) is 18.6 Å². The molecule has 2 aliphatic heterocycles. The third-order valence-electron chi connectivity index (χ3n) is 8.63. The molecule has 3 fully saturated rings. The Morgan fingerprint density at radius 3 is 2.37 bits per heavy atom. The lowest BCUT2D eigenvalue weighted by molar-refractivity contribution is 0.149. The second-order valence-corrected chi connectivity index (χ2v) is 14.0. The first-order valence-electron chi connectivity index (χ1n) is 14.4. The minimum atomic E-state index is -3.33. The van der Waals surface area contributed by atoms with Crippen LogP contribution in [0.25, 0.3) is 11.1 Å². The molecule has 1 saturated carbocycles. The highest BCUT2D eigenvalue weighted by atomic mass is 31.2. The van der Waals surface area contributed by atoms with Crippen molar-refractivity contribution in [2.45, 2.75) is 50.6 Å². The zero-order valence-electron chi connectivity index (χ0n) is 23.6. The lowest BCUT2D eigenvalue weighted by Gasteiger charge is -2.39. The molecule has 41 heavy (non-hydrogen) atoms. The van der Waals surface area contributed by atoms with Gasteiger partial charge in [0.15, 0.2) is 0 Å². The van der Waals surface area contributed by atoms with Gasteiger partial charge in [-0.15, -0.1) is 0 Å². The number of carbonyl (C=O) groups excluding carboxylic acids is 1. The molecule has 216 valence electrons. The summed E-state index contributed by atoms with van der Waals surface area (Å²) >= 11 is 0. The number of likely N-dealkylation sites (tertiary alicyclic amines) is 1. The maximum absolute atomic E-state index is 13.6. The molecular formula is C32H37FN3O4P. The van der Waals surface area contributed by atoms with E-state index >= 15 is 0 Å². The van der Waals surface area contributed by atoms with Crippen molar-refractivity contribution < 1.29 is 23.4 Å². The van der Waals surface area contributed by atoms with Gasteiger partial charge in [-0.1, -0.05) is 12.1 Å². The SMILES string of the molecule is CCOc1cc(-c2ccc(F)cc2)c(C2CC2)cc1CN1CCC2(CC1)CN(c1ccc(P(C)(=O)O)cc1)C(=O)N2. The first-order chi connectivity index (χ1) is 19.6. The smallest absolute Gasteiger partial charge is 0.322 e. The van der Waals surface area contributed by atoms with Crippen molar-refractivity contribution >= 4 is 24.4 Å². The molecule has 0 aromatic heterocycles. The lowest BCUT2D eigenvalue weighted by Crippen LogP contribution is -2.52. The van der Waals surface area contributed by atoms with Gasteiger partial charge in [0.1, 0.15) is 11.6 Å². The minimum Gasteiger partial charge on any atom is -0.494 e. The molecule has 3 aromatic carbocycles. The van der Waals surface area contributed by atoms with E-state index in [-0.39, 0.29) is 17.4 Å². The Morgan fingerprint density at radius 2 is 1.76 bits per heavy atom. The average Bonchev–Trinajstić information content (AvgIpc) is 3.74. The molecule has 3 aliphatic rings. The van der Waals surface area contributed by atoms with Gasteiger partial charge in [-0.05, 0) is 104 Å². The minimum absolute atomic E-state index is 0.126.